The van der Waals surface area contributed by atoms with E-state index in [2.05, 4.69) is 0 Å². The number of carbonyl (C=O) groups is 1. The minimum atomic E-state index is -0.429. The van der Waals surface area contributed by atoms with E-state index < -0.39 is 5.79 Å². The SMILES string of the molecule is O=C(CCc1cccc(Cl)c1)N1CCC2(CC1)OCCCO2. The summed E-state index contributed by atoms with van der Waals surface area (Å²) in [5, 5.41) is 0.719. The van der Waals surface area contributed by atoms with Crippen molar-refractivity contribution in [2.45, 2.75) is 37.9 Å². The molecule has 0 aliphatic carbocycles. The van der Waals surface area contributed by atoms with E-state index in [4.69, 9.17) is 21.1 Å². The van der Waals surface area contributed by atoms with Crippen molar-refractivity contribution >= 4 is 17.5 Å². The van der Waals surface area contributed by atoms with E-state index in [9.17, 15) is 4.79 Å². The molecule has 0 unspecified atom stereocenters. The Balaban J connectivity index is 1.47. The van der Waals surface area contributed by atoms with E-state index in [1.165, 1.54) is 0 Å². The zero-order chi connectivity index (χ0) is 15.4. The first kappa shape index (κ1) is 15.8. The Kier molecular flexibility index (Phi) is 5.01. The summed E-state index contributed by atoms with van der Waals surface area (Å²) >= 11 is 5.97. The molecule has 2 fully saturated rings. The van der Waals surface area contributed by atoms with Crippen molar-refractivity contribution in [1.82, 2.24) is 4.90 Å². The van der Waals surface area contributed by atoms with Crippen molar-refractivity contribution < 1.29 is 14.3 Å². The molecule has 2 aliphatic heterocycles. The maximum Gasteiger partial charge on any atom is 0.222 e. The molecule has 0 aromatic heterocycles. The molecule has 1 aromatic carbocycles. The van der Waals surface area contributed by atoms with Gasteiger partial charge in [0.05, 0.1) is 13.2 Å². The van der Waals surface area contributed by atoms with Gasteiger partial charge in [-0.2, -0.15) is 0 Å². The third kappa shape index (κ3) is 3.80. The van der Waals surface area contributed by atoms with Crippen LogP contribution in [0.15, 0.2) is 24.3 Å². The number of hydrogen-bond acceptors (Lipinski definition) is 3. The zero-order valence-corrected chi connectivity index (χ0v) is 13.5. The lowest BCUT2D eigenvalue weighted by atomic mass is 10.0. The number of aryl methyl sites for hydroxylation is 1. The van der Waals surface area contributed by atoms with Crippen LogP contribution in [0.1, 0.15) is 31.2 Å². The molecule has 1 spiro atoms. The molecule has 3 rings (SSSR count). The van der Waals surface area contributed by atoms with Crippen molar-refractivity contribution in [2.24, 2.45) is 0 Å². The van der Waals surface area contributed by atoms with Crippen molar-refractivity contribution in [3.63, 3.8) is 0 Å². The minimum Gasteiger partial charge on any atom is -0.350 e. The number of halogens is 1. The monoisotopic (exact) mass is 323 g/mol. The summed E-state index contributed by atoms with van der Waals surface area (Å²) in [6.07, 6.45) is 3.76. The summed E-state index contributed by atoms with van der Waals surface area (Å²) < 4.78 is 11.6. The quantitative estimate of drug-likeness (QED) is 0.858. The van der Waals surface area contributed by atoms with Gasteiger partial charge in [-0.05, 0) is 30.5 Å². The molecule has 4 nitrogen and oxygen atoms in total. The highest BCUT2D eigenvalue weighted by atomic mass is 35.5. The van der Waals surface area contributed by atoms with Gasteiger partial charge in [-0.3, -0.25) is 4.79 Å². The molecular weight excluding hydrogens is 302 g/mol. The number of hydrogen-bond donors (Lipinski definition) is 0. The molecule has 0 saturated carbocycles. The Morgan fingerprint density at radius 2 is 1.95 bits per heavy atom. The van der Waals surface area contributed by atoms with Crippen LogP contribution < -0.4 is 0 Å². The van der Waals surface area contributed by atoms with Crippen LogP contribution in [0, 0.1) is 0 Å². The topological polar surface area (TPSA) is 38.8 Å². The van der Waals surface area contributed by atoms with E-state index in [0.717, 1.165) is 49.5 Å². The molecule has 2 saturated heterocycles. The standard InChI is InChI=1S/C17H22ClNO3/c18-15-4-1-3-14(13-15)5-6-16(20)19-9-7-17(8-10-19)21-11-2-12-22-17/h1,3-4,13H,2,5-12H2. The number of piperidine rings is 1. The fraction of sp³-hybridized carbons (Fsp3) is 0.588. The summed E-state index contributed by atoms with van der Waals surface area (Å²) in [6.45, 7) is 2.97. The van der Waals surface area contributed by atoms with Crippen LogP contribution in [0.3, 0.4) is 0 Å². The smallest absolute Gasteiger partial charge is 0.222 e. The summed E-state index contributed by atoms with van der Waals surface area (Å²) in [4.78, 5) is 14.3. The summed E-state index contributed by atoms with van der Waals surface area (Å²) in [5.41, 5.74) is 1.10. The Morgan fingerprint density at radius 1 is 1.23 bits per heavy atom. The summed E-state index contributed by atoms with van der Waals surface area (Å²) in [5.74, 6) is -0.229. The van der Waals surface area contributed by atoms with E-state index in [0.29, 0.717) is 19.5 Å². The predicted molar refractivity (Wildman–Crippen MR) is 84.8 cm³/mol. The highest BCUT2D eigenvalue weighted by Crippen LogP contribution is 2.31. The van der Waals surface area contributed by atoms with Crippen molar-refractivity contribution in [1.29, 1.82) is 0 Å². The average Bonchev–Trinajstić information content (AvgIpc) is 2.54. The maximum atomic E-state index is 12.3. The Hall–Kier alpha value is -1.10. The molecule has 0 N–H and O–H groups in total. The number of rotatable bonds is 3. The van der Waals surface area contributed by atoms with Crippen molar-refractivity contribution in [3.05, 3.63) is 34.9 Å². The lowest BCUT2D eigenvalue weighted by Gasteiger charge is -2.43. The van der Waals surface area contributed by atoms with Gasteiger partial charge in [0.1, 0.15) is 0 Å². The lowest BCUT2D eigenvalue weighted by molar-refractivity contribution is -0.282. The Morgan fingerprint density at radius 3 is 2.64 bits per heavy atom. The van der Waals surface area contributed by atoms with E-state index in [-0.39, 0.29) is 5.91 Å². The average molecular weight is 324 g/mol. The molecule has 2 heterocycles. The van der Waals surface area contributed by atoms with Crippen LogP contribution in [0.25, 0.3) is 0 Å². The molecular formula is C17H22ClNO3. The van der Waals surface area contributed by atoms with Crippen LogP contribution in [0.4, 0.5) is 0 Å². The van der Waals surface area contributed by atoms with Gasteiger partial charge < -0.3 is 14.4 Å². The number of ether oxygens (including phenoxy) is 2. The summed E-state index contributed by atoms with van der Waals surface area (Å²) in [6, 6.07) is 7.70. The second-order valence-electron chi connectivity index (χ2n) is 5.97. The molecule has 120 valence electrons. The predicted octanol–water partition coefficient (Wildman–Crippen LogP) is 3.03. The minimum absolute atomic E-state index is 0.200. The molecule has 2 aliphatic rings. The van der Waals surface area contributed by atoms with Crippen LogP contribution >= 0.6 is 11.6 Å². The highest BCUT2D eigenvalue weighted by Gasteiger charge is 2.39. The zero-order valence-electron chi connectivity index (χ0n) is 12.7. The van der Waals surface area contributed by atoms with Gasteiger partial charge in [0, 0.05) is 37.4 Å². The summed E-state index contributed by atoms with van der Waals surface area (Å²) in [7, 11) is 0. The fourth-order valence-electron chi connectivity index (χ4n) is 3.10. The Bertz CT molecular complexity index is 518. The van der Waals surface area contributed by atoms with Gasteiger partial charge >= 0.3 is 0 Å². The lowest BCUT2D eigenvalue weighted by Crippen LogP contribution is -2.51. The van der Waals surface area contributed by atoms with Crippen LogP contribution in [-0.4, -0.2) is 42.9 Å². The van der Waals surface area contributed by atoms with Gasteiger partial charge in [0.25, 0.3) is 0 Å². The van der Waals surface area contributed by atoms with Crippen molar-refractivity contribution in [3.8, 4) is 0 Å². The third-order valence-electron chi connectivity index (χ3n) is 4.41. The van der Waals surface area contributed by atoms with Gasteiger partial charge in [-0.15, -0.1) is 0 Å². The Labute approximate surface area is 136 Å². The maximum absolute atomic E-state index is 12.3. The molecule has 0 atom stereocenters. The highest BCUT2D eigenvalue weighted by molar-refractivity contribution is 6.30. The molecule has 5 heteroatoms. The largest absolute Gasteiger partial charge is 0.350 e. The van der Waals surface area contributed by atoms with Gasteiger partial charge in [0.15, 0.2) is 5.79 Å². The molecule has 0 radical (unpaired) electrons. The van der Waals surface area contributed by atoms with E-state index in [1.807, 2.05) is 29.2 Å². The first-order valence-corrected chi connectivity index (χ1v) is 8.35. The molecule has 1 aromatic rings. The van der Waals surface area contributed by atoms with Crippen molar-refractivity contribution in [2.75, 3.05) is 26.3 Å². The van der Waals surface area contributed by atoms with E-state index in [1.54, 1.807) is 0 Å². The normalized spacial score (nSPS) is 21.0. The third-order valence-corrected chi connectivity index (χ3v) is 4.65. The van der Waals surface area contributed by atoms with E-state index >= 15 is 0 Å². The van der Waals surface area contributed by atoms with Gasteiger partial charge in [-0.25, -0.2) is 0 Å². The number of carbonyl (C=O) groups excluding carboxylic acids is 1. The first-order valence-electron chi connectivity index (χ1n) is 7.97. The molecule has 0 bridgehead atoms. The second kappa shape index (κ2) is 6.99. The second-order valence-corrected chi connectivity index (χ2v) is 6.41. The number of nitrogens with zero attached hydrogens (tertiary/aromatic N) is 1. The molecule has 1 amide bonds. The van der Waals surface area contributed by atoms with Gasteiger partial charge in [-0.1, -0.05) is 23.7 Å². The van der Waals surface area contributed by atoms with Crippen LogP contribution in [0.5, 0.6) is 0 Å². The fourth-order valence-corrected chi connectivity index (χ4v) is 3.32. The number of benzene rings is 1. The van der Waals surface area contributed by atoms with Crippen LogP contribution in [-0.2, 0) is 20.7 Å². The number of likely N-dealkylation sites (tertiary alicyclic amines) is 1. The number of amides is 1. The first-order chi connectivity index (χ1) is 10.7. The van der Waals surface area contributed by atoms with Gasteiger partial charge in [0.2, 0.25) is 5.91 Å². The van der Waals surface area contributed by atoms with Crippen LogP contribution in [0.2, 0.25) is 5.02 Å². The molecule has 22 heavy (non-hydrogen) atoms.